The fraction of sp³-hybridized carbons (Fsp3) is 0.640. The Bertz CT molecular complexity index is 865. The smallest absolute Gasteiger partial charge is 0.255 e. The van der Waals surface area contributed by atoms with Gasteiger partial charge in [-0.25, -0.2) is 0 Å². The van der Waals surface area contributed by atoms with Crippen molar-refractivity contribution in [1.82, 2.24) is 15.1 Å². The maximum Gasteiger partial charge on any atom is 0.255 e. The van der Waals surface area contributed by atoms with E-state index in [1.165, 1.54) is 12.8 Å². The van der Waals surface area contributed by atoms with E-state index in [1.807, 2.05) is 18.2 Å². The molecule has 2 fully saturated rings. The van der Waals surface area contributed by atoms with Crippen molar-refractivity contribution in [3.8, 4) is 5.75 Å². The Balaban J connectivity index is 1.47. The summed E-state index contributed by atoms with van der Waals surface area (Å²) in [5.41, 5.74) is 1.52. The summed E-state index contributed by atoms with van der Waals surface area (Å²) in [5, 5.41) is 2.35. The van der Waals surface area contributed by atoms with Crippen molar-refractivity contribution < 1.29 is 19.1 Å². The first-order valence-corrected chi connectivity index (χ1v) is 12.2. The molecule has 7 heteroatoms. The standard InChI is InChI=1S/C25H35N3O4/c1-3-13-27(14-4-2)20-7-5-6-8-22(20)32-18-9-10-19-17(15-18)16-28(25(19)31)21-11-12-23(29)26-24(21)30/h9-10,15,20-22H,3-8,11-14,16H2,1-2H3,(H,26,29,30)/t20-,21?,22+/m0/s1. The van der Waals surface area contributed by atoms with Crippen LogP contribution in [0, 0.1) is 0 Å². The molecule has 3 atom stereocenters. The van der Waals surface area contributed by atoms with Gasteiger partial charge in [-0.15, -0.1) is 0 Å². The van der Waals surface area contributed by atoms with E-state index in [0.29, 0.717) is 24.6 Å². The van der Waals surface area contributed by atoms with E-state index in [-0.39, 0.29) is 30.2 Å². The maximum absolute atomic E-state index is 12.9. The van der Waals surface area contributed by atoms with Gasteiger partial charge in [0.2, 0.25) is 11.8 Å². The highest BCUT2D eigenvalue weighted by Crippen LogP contribution is 2.33. The molecule has 1 unspecified atom stereocenters. The summed E-state index contributed by atoms with van der Waals surface area (Å²) in [6.07, 6.45) is 7.71. The van der Waals surface area contributed by atoms with Crippen LogP contribution in [0.4, 0.5) is 0 Å². The highest BCUT2D eigenvalue weighted by molar-refractivity contribution is 6.05. The summed E-state index contributed by atoms with van der Waals surface area (Å²) in [5.74, 6) is 0.00404. The molecule has 0 bridgehead atoms. The van der Waals surface area contributed by atoms with Crippen molar-refractivity contribution >= 4 is 17.7 Å². The summed E-state index contributed by atoms with van der Waals surface area (Å²) in [4.78, 5) is 40.8. The van der Waals surface area contributed by atoms with Gasteiger partial charge in [-0.3, -0.25) is 24.6 Å². The SMILES string of the molecule is CCCN(CCC)[C@H]1CCCC[C@H]1Oc1ccc2c(c1)CN(C1CCC(=O)NC1=O)C2=O. The Morgan fingerprint density at radius 2 is 1.81 bits per heavy atom. The number of nitrogens with one attached hydrogen (secondary N) is 1. The molecule has 2 aliphatic heterocycles. The lowest BCUT2D eigenvalue weighted by Gasteiger charge is -2.39. The van der Waals surface area contributed by atoms with Gasteiger partial charge in [0.15, 0.2) is 0 Å². The second-order valence-electron chi connectivity index (χ2n) is 9.26. The second kappa shape index (κ2) is 10.0. The van der Waals surface area contributed by atoms with Gasteiger partial charge in [0, 0.05) is 24.6 Å². The Morgan fingerprint density at radius 1 is 1.06 bits per heavy atom. The van der Waals surface area contributed by atoms with Gasteiger partial charge < -0.3 is 9.64 Å². The fourth-order valence-electron chi connectivity index (χ4n) is 5.45. The van der Waals surface area contributed by atoms with Crippen LogP contribution in [0.25, 0.3) is 0 Å². The van der Waals surface area contributed by atoms with Crippen LogP contribution in [-0.4, -0.2) is 58.8 Å². The topological polar surface area (TPSA) is 79.0 Å². The third-order valence-electron chi connectivity index (χ3n) is 6.94. The van der Waals surface area contributed by atoms with Gasteiger partial charge in [0.05, 0.1) is 0 Å². The molecule has 1 aromatic carbocycles. The summed E-state index contributed by atoms with van der Waals surface area (Å²) in [7, 11) is 0. The summed E-state index contributed by atoms with van der Waals surface area (Å²) < 4.78 is 6.52. The largest absolute Gasteiger partial charge is 0.489 e. The van der Waals surface area contributed by atoms with Crippen LogP contribution >= 0.6 is 0 Å². The number of fused-ring (bicyclic) bond motifs is 1. The van der Waals surface area contributed by atoms with Crippen molar-refractivity contribution in [2.45, 2.75) is 89.9 Å². The Hall–Kier alpha value is -2.41. The van der Waals surface area contributed by atoms with Gasteiger partial charge >= 0.3 is 0 Å². The zero-order valence-electron chi connectivity index (χ0n) is 19.3. The van der Waals surface area contributed by atoms with Gasteiger partial charge in [-0.05, 0) is 75.4 Å². The first-order chi connectivity index (χ1) is 15.5. The van der Waals surface area contributed by atoms with E-state index >= 15 is 0 Å². The third kappa shape index (κ3) is 4.68. The number of carbonyl (C=O) groups excluding carboxylic acids is 3. The van der Waals surface area contributed by atoms with Crippen LogP contribution in [0.15, 0.2) is 18.2 Å². The first-order valence-electron chi connectivity index (χ1n) is 12.2. The summed E-state index contributed by atoms with van der Waals surface area (Å²) in [6, 6.07) is 5.52. The first kappa shape index (κ1) is 22.8. The van der Waals surface area contributed by atoms with Crippen molar-refractivity contribution in [2.24, 2.45) is 0 Å². The third-order valence-corrected chi connectivity index (χ3v) is 6.94. The average molecular weight is 442 g/mol. The molecule has 0 spiro atoms. The number of benzene rings is 1. The molecule has 1 saturated carbocycles. The molecule has 3 amide bonds. The van der Waals surface area contributed by atoms with Crippen LogP contribution in [-0.2, 0) is 16.1 Å². The number of hydrogen-bond donors (Lipinski definition) is 1. The molecular weight excluding hydrogens is 406 g/mol. The second-order valence-corrected chi connectivity index (χ2v) is 9.26. The predicted octanol–water partition coefficient (Wildman–Crippen LogP) is 3.26. The minimum atomic E-state index is -0.587. The Morgan fingerprint density at radius 3 is 2.53 bits per heavy atom. The molecule has 32 heavy (non-hydrogen) atoms. The lowest BCUT2D eigenvalue weighted by molar-refractivity contribution is -0.136. The molecule has 3 aliphatic rings. The number of nitrogens with zero attached hydrogens (tertiary/aromatic N) is 2. The number of piperidine rings is 1. The van der Waals surface area contributed by atoms with Crippen LogP contribution in [0.3, 0.4) is 0 Å². The fourth-order valence-corrected chi connectivity index (χ4v) is 5.45. The van der Waals surface area contributed by atoms with Gasteiger partial charge in [0.1, 0.15) is 17.9 Å². The normalized spacial score (nSPS) is 25.8. The molecule has 1 aromatic rings. The molecule has 1 saturated heterocycles. The Kier molecular flexibility index (Phi) is 7.13. The molecule has 1 N–H and O–H groups in total. The minimum Gasteiger partial charge on any atom is -0.489 e. The maximum atomic E-state index is 12.9. The summed E-state index contributed by atoms with van der Waals surface area (Å²) in [6.45, 7) is 7.03. The van der Waals surface area contributed by atoms with E-state index in [2.05, 4.69) is 24.1 Å². The van der Waals surface area contributed by atoms with Crippen LogP contribution in [0.1, 0.15) is 81.1 Å². The van der Waals surface area contributed by atoms with Gasteiger partial charge in [-0.2, -0.15) is 0 Å². The number of ether oxygens (including phenoxy) is 1. The Labute approximate surface area is 190 Å². The van der Waals surface area contributed by atoms with E-state index in [1.54, 1.807) is 4.90 Å². The van der Waals surface area contributed by atoms with Crippen LogP contribution < -0.4 is 10.1 Å². The van der Waals surface area contributed by atoms with E-state index in [0.717, 1.165) is 50.1 Å². The number of carbonyl (C=O) groups is 3. The van der Waals surface area contributed by atoms with Crippen molar-refractivity contribution in [1.29, 1.82) is 0 Å². The monoisotopic (exact) mass is 441 g/mol. The lowest BCUT2D eigenvalue weighted by Crippen LogP contribution is -2.52. The van der Waals surface area contributed by atoms with Crippen molar-refractivity contribution in [3.63, 3.8) is 0 Å². The van der Waals surface area contributed by atoms with E-state index < -0.39 is 6.04 Å². The van der Waals surface area contributed by atoms with Gasteiger partial charge in [0.25, 0.3) is 5.91 Å². The molecule has 174 valence electrons. The zero-order chi connectivity index (χ0) is 22.7. The zero-order valence-corrected chi connectivity index (χ0v) is 19.3. The predicted molar refractivity (Wildman–Crippen MR) is 121 cm³/mol. The highest BCUT2D eigenvalue weighted by Gasteiger charge is 2.39. The molecule has 1 aliphatic carbocycles. The average Bonchev–Trinajstić information content (AvgIpc) is 3.09. The van der Waals surface area contributed by atoms with E-state index in [4.69, 9.17) is 4.74 Å². The number of amides is 3. The number of imide groups is 1. The van der Waals surface area contributed by atoms with Crippen LogP contribution in [0.2, 0.25) is 0 Å². The van der Waals surface area contributed by atoms with Gasteiger partial charge in [-0.1, -0.05) is 20.3 Å². The minimum absolute atomic E-state index is 0.145. The quantitative estimate of drug-likeness (QED) is 0.627. The molecular formula is C25H35N3O4. The van der Waals surface area contributed by atoms with Crippen LogP contribution in [0.5, 0.6) is 5.75 Å². The molecule has 0 aromatic heterocycles. The van der Waals surface area contributed by atoms with E-state index in [9.17, 15) is 14.4 Å². The molecule has 0 radical (unpaired) electrons. The summed E-state index contributed by atoms with van der Waals surface area (Å²) >= 11 is 0. The molecule has 7 nitrogen and oxygen atoms in total. The lowest BCUT2D eigenvalue weighted by atomic mass is 9.90. The molecule has 2 heterocycles. The molecule has 4 rings (SSSR count). The van der Waals surface area contributed by atoms with Crippen molar-refractivity contribution in [2.75, 3.05) is 13.1 Å². The number of rotatable bonds is 8. The van der Waals surface area contributed by atoms with Crippen molar-refractivity contribution in [3.05, 3.63) is 29.3 Å². The highest BCUT2D eigenvalue weighted by atomic mass is 16.5. The number of hydrogen-bond acceptors (Lipinski definition) is 5.